The van der Waals surface area contributed by atoms with Gasteiger partial charge in [0.25, 0.3) is 0 Å². The van der Waals surface area contributed by atoms with E-state index in [0.29, 0.717) is 5.75 Å². The molecule has 4 nitrogen and oxygen atoms in total. The molecule has 0 atom stereocenters. The molecule has 1 amide bonds. The summed E-state index contributed by atoms with van der Waals surface area (Å²) in [5, 5.41) is 2.90. The normalized spacial score (nSPS) is 14.4. The molecule has 0 unspecified atom stereocenters. The van der Waals surface area contributed by atoms with E-state index in [1.807, 2.05) is 24.3 Å². The predicted octanol–water partition coefficient (Wildman–Crippen LogP) is 5.86. The van der Waals surface area contributed by atoms with Gasteiger partial charge in [0.05, 0.1) is 11.6 Å². The molecule has 2 aromatic carbocycles. The fourth-order valence-corrected chi connectivity index (χ4v) is 4.60. The van der Waals surface area contributed by atoms with Crippen LogP contribution in [0.1, 0.15) is 24.8 Å². The number of rotatable bonds is 5. The summed E-state index contributed by atoms with van der Waals surface area (Å²) in [6.45, 7) is 2.22. The summed E-state index contributed by atoms with van der Waals surface area (Å²) < 4.78 is 7.13. The average molecular weight is 494 g/mol. The molecule has 0 bridgehead atoms. The topological polar surface area (TPSA) is 41.6 Å². The second kappa shape index (κ2) is 9.42. The molecule has 0 aliphatic carbocycles. The van der Waals surface area contributed by atoms with Crippen molar-refractivity contribution < 1.29 is 9.53 Å². The summed E-state index contributed by atoms with van der Waals surface area (Å²) >= 11 is 6.92. The summed E-state index contributed by atoms with van der Waals surface area (Å²) in [4.78, 5) is 14.7. The molecule has 1 aliphatic rings. The van der Waals surface area contributed by atoms with Gasteiger partial charge in [-0.15, -0.1) is 0 Å². The average Bonchev–Trinajstić information content (AvgIpc) is 2.67. The van der Waals surface area contributed by atoms with Crippen LogP contribution in [0.5, 0.6) is 5.75 Å². The number of halogens is 2. The third-order valence-electron chi connectivity index (χ3n) is 4.51. The largest absolute Gasteiger partial charge is 0.495 e. The van der Waals surface area contributed by atoms with Crippen LogP contribution in [0, 0.1) is 0 Å². The molecule has 0 spiro atoms. The van der Waals surface area contributed by atoms with Crippen LogP contribution >= 0.6 is 31.9 Å². The Morgan fingerprint density at radius 2 is 1.81 bits per heavy atom. The molecule has 1 aliphatic heterocycles. The van der Waals surface area contributed by atoms with Gasteiger partial charge >= 0.3 is 0 Å². The van der Waals surface area contributed by atoms with Crippen molar-refractivity contribution in [3.05, 3.63) is 57.0 Å². The highest BCUT2D eigenvalue weighted by atomic mass is 79.9. The monoisotopic (exact) mass is 492 g/mol. The van der Waals surface area contributed by atoms with Crippen molar-refractivity contribution >= 4 is 55.2 Å². The molecule has 2 aromatic rings. The van der Waals surface area contributed by atoms with Crippen molar-refractivity contribution in [1.29, 1.82) is 0 Å². The van der Waals surface area contributed by atoms with Gasteiger partial charge in [0.2, 0.25) is 5.91 Å². The first-order chi connectivity index (χ1) is 13.1. The van der Waals surface area contributed by atoms with E-state index in [1.165, 1.54) is 31.0 Å². The standard InChI is InChI=1S/C21H22Br2N2O2/c1-27-21-15(13-16(22)14-19(21)23)5-10-20(26)24-17-6-8-18(9-7-17)25-11-3-2-4-12-25/h5-10,13-14H,2-4,11-12H2,1H3,(H,24,26)/b10-5+. The highest BCUT2D eigenvalue weighted by molar-refractivity contribution is 9.11. The van der Waals surface area contributed by atoms with E-state index >= 15 is 0 Å². The zero-order chi connectivity index (χ0) is 19.2. The van der Waals surface area contributed by atoms with Crippen molar-refractivity contribution in [2.24, 2.45) is 0 Å². The summed E-state index contributed by atoms with van der Waals surface area (Å²) in [5.74, 6) is 0.506. The number of amides is 1. The molecule has 27 heavy (non-hydrogen) atoms. The molecule has 0 saturated carbocycles. The number of piperidine rings is 1. The SMILES string of the molecule is COc1c(Br)cc(Br)cc1/C=C/C(=O)Nc1ccc(N2CCCCC2)cc1. The van der Waals surface area contributed by atoms with E-state index in [9.17, 15) is 4.79 Å². The zero-order valence-electron chi connectivity index (χ0n) is 15.2. The molecule has 6 heteroatoms. The third-order valence-corrected chi connectivity index (χ3v) is 5.56. The van der Waals surface area contributed by atoms with Crippen LogP contribution in [0.25, 0.3) is 6.08 Å². The Labute approximate surface area is 176 Å². The van der Waals surface area contributed by atoms with E-state index in [-0.39, 0.29) is 5.91 Å². The maximum absolute atomic E-state index is 12.3. The Morgan fingerprint density at radius 3 is 2.48 bits per heavy atom. The van der Waals surface area contributed by atoms with Crippen LogP contribution < -0.4 is 15.0 Å². The van der Waals surface area contributed by atoms with Gasteiger partial charge in [0.15, 0.2) is 0 Å². The van der Waals surface area contributed by atoms with Gasteiger partial charge < -0.3 is 15.0 Å². The first-order valence-corrected chi connectivity index (χ1v) is 10.5. The van der Waals surface area contributed by atoms with E-state index in [2.05, 4.69) is 54.2 Å². The van der Waals surface area contributed by atoms with Crippen LogP contribution in [-0.2, 0) is 4.79 Å². The summed E-state index contributed by atoms with van der Waals surface area (Å²) in [6, 6.07) is 11.8. The molecule has 1 heterocycles. The van der Waals surface area contributed by atoms with Gasteiger partial charge in [-0.25, -0.2) is 0 Å². The number of carbonyl (C=O) groups excluding carboxylic acids is 1. The molecule has 1 N–H and O–H groups in total. The van der Waals surface area contributed by atoms with Crippen LogP contribution in [-0.4, -0.2) is 26.1 Å². The molecule has 142 valence electrons. The lowest BCUT2D eigenvalue weighted by atomic mass is 10.1. The molecular formula is C21H22Br2N2O2. The number of nitrogens with zero attached hydrogens (tertiary/aromatic N) is 1. The number of carbonyl (C=O) groups is 1. The predicted molar refractivity (Wildman–Crippen MR) is 119 cm³/mol. The minimum Gasteiger partial charge on any atom is -0.495 e. The van der Waals surface area contributed by atoms with Crippen molar-refractivity contribution in [2.45, 2.75) is 19.3 Å². The van der Waals surface area contributed by atoms with Gasteiger partial charge in [0, 0.05) is 40.6 Å². The number of methoxy groups -OCH3 is 1. The Kier molecular flexibility index (Phi) is 6.96. The van der Waals surface area contributed by atoms with E-state index < -0.39 is 0 Å². The third kappa shape index (κ3) is 5.36. The number of benzene rings is 2. The number of hydrogen-bond acceptors (Lipinski definition) is 3. The Hall–Kier alpha value is -1.79. The van der Waals surface area contributed by atoms with Gasteiger partial charge in [-0.2, -0.15) is 0 Å². The Morgan fingerprint density at radius 1 is 1.11 bits per heavy atom. The molecule has 0 radical (unpaired) electrons. The quantitative estimate of drug-likeness (QED) is 0.530. The number of hydrogen-bond donors (Lipinski definition) is 1. The highest BCUT2D eigenvalue weighted by Crippen LogP contribution is 2.33. The second-order valence-corrected chi connectivity index (χ2v) is 8.20. The van der Waals surface area contributed by atoms with Gasteiger partial charge in [-0.05, 0) is 77.7 Å². The molecule has 1 saturated heterocycles. The van der Waals surface area contributed by atoms with Gasteiger partial charge in [0.1, 0.15) is 5.75 Å². The lowest BCUT2D eigenvalue weighted by molar-refractivity contribution is -0.111. The fourth-order valence-electron chi connectivity index (χ4n) is 3.18. The van der Waals surface area contributed by atoms with Crippen molar-refractivity contribution in [3.63, 3.8) is 0 Å². The minimum atomic E-state index is -0.182. The van der Waals surface area contributed by atoms with Crippen molar-refractivity contribution in [3.8, 4) is 5.75 Å². The van der Waals surface area contributed by atoms with Crippen LogP contribution in [0.15, 0.2) is 51.4 Å². The van der Waals surface area contributed by atoms with E-state index in [4.69, 9.17) is 4.74 Å². The van der Waals surface area contributed by atoms with Crippen LogP contribution in [0.3, 0.4) is 0 Å². The maximum atomic E-state index is 12.3. The van der Waals surface area contributed by atoms with Crippen molar-refractivity contribution in [2.75, 3.05) is 30.4 Å². The van der Waals surface area contributed by atoms with Crippen LogP contribution in [0.4, 0.5) is 11.4 Å². The highest BCUT2D eigenvalue weighted by Gasteiger charge is 2.11. The van der Waals surface area contributed by atoms with Crippen LogP contribution in [0.2, 0.25) is 0 Å². The zero-order valence-corrected chi connectivity index (χ0v) is 18.3. The van der Waals surface area contributed by atoms with Gasteiger partial charge in [-0.1, -0.05) is 15.9 Å². The summed E-state index contributed by atoms with van der Waals surface area (Å²) in [7, 11) is 1.61. The minimum absolute atomic E-state index is 0.182. The van der Waals surface area contributed by atoms with Gasteiger partial charge in [-0.3, -0.25) is 4.79 Å². The first kappa shape index (κ1) is 20.0. The molecule has 1 fully saturated rings. The molecule has 3 rings (SSSR count). The van der Waals surface area contributed by atoms with E-state index in [0.717, 1.165) is 33.3 Å². The lowest BCUT2D eigenvalue weighted by Gasteiger charge is -2.28. The van der Waals surface area contributed by atoms with Crippen molar-refractivity contribution in [1.82, 2.24) is 0 Å². The molecular weight excluding hydrogens is 472 g/mol. The Bertz CT molecular complexity index is 829. The molecule has 0 aromatic heterocycles. The maximum Gasteiger partial charge on any atom is 0.248 e. The Balaban J connectivity index is 1.65. The second-order valence-electron chi connectivity index (χ2n) is 6.43. The van der Waals surface area contributed by atoms with E-state index in [1.54, 1.807) is 13.2 Å². The lowest BCUT2D eigenvalue weighted by Crippen LogP contribution is -2.29. The fraction of sp³-hybridized carbons (Fsp3) is 0.286. The summed E-state index contributed by atoms with van der Waals surface area (Å²) in [6.07, 6.45) is 7.06. The summed E-state index contributed by atoms with van der Waals surface area (Å²) in [5.41, 5.74) is 2.81. The smallest absolute Gasteiger partial charge is 0.248 e. The number of nitrogens with one attached hydrogen (secondary N) is 1. The number of ether oxygens (including phenoxy) is 1. The first-order valence-electron chi connectivity index (χ1n) is 8.94. The number of anilines is 2.